The first-order chi connectivity index (χ1) is 8.65. The Morgan fingerprint density at radius 2 is 1.94 bits per heavy atom. The minimum absolute atomic E-state index is 0.0520. The molecule has 18 heavy (non-hydrogen) atoms. The Labute approximate surface area is 114 Å². The van der Waals surface area contributed by atoms with E-state index in [1.807, 2.05) is 12.1 Å². The molecule has 2 N–H and O–H groups in total. The van der Waals surface area contributed by atoms with Crippen LogP contribution in [-0.2, 0) is 0 Å². The minimum Gasteiger partial charge on any atom is -0.493 e. The normalized spacial score (nSPS) is 12.3. The number of halogens is 1. The van der Waals surface area contributed by atoms with Gasteiger partial charge in [-0.3, -0.25) is 0 Å². The molecular weight excluding hydrogens is 250 g/mol. The Morgan fingerprint density at radius 3 is 2.50 bits per heavy atom. The average molecular weight is 272 g/mol. The number of methoxy groups -OCH3 is 2. The van der Waals surface area contributed by atoms with Gasteiger partial charge in [0.15, 0.2) is 11.5 Å². The molecule has 0 spiro atoms. The van der Waals surface area contributed by atoms with Crippen molar-refractivity contribution in [2.24, 2.45) is 5.73 Å². The molecule has 0 fully saturated rings. The highest BCUT2D eigenvalue weighted by atomic mass is 35.5. The summed E-state index contributed by atoms with van der Waals surface area (Å²) < 4.78 is 10.5. The summed E-state index contributed by atoms with van der Waals surface area (Å²) in [5.41, 5.74) is 7.09. The predicted molar refractivity (Wildman–Crippen MR) is 75.6 cm³/mol. The van der Waals surface area contributed by atoms with Gasteiger partial charge in [-0.05, 0) is 18.1 Å². The van der Waals surface area contributed by atoms with Crippen molar-refractivity contribution in [2.75, 3.05) is 14.2 Å². The van der Waals surface area contributed by atoms with E-state index in [4.69, 9.17) is 26.8 Å². The van der Waals surface area contributed by atoms with E-state index in [2.05, 4.69) is 6.92 Å². The second-order valence-corrected chi connectivity index (χ2v) is 4.68. The van der Waals surface area contributed by atoms with Gasteiger partial charge < -0.3 is 15.2 Å². The van der Waals surface area contributed by atoms with Crippen LogP contribution in [0.3, 0.4) is 0 Å². The number of rotatable bonds is 7. The van der Waals surface area contributed by atoms with E-state index in [-0.39, 0.29) is 6.04 Å². The van der Waals surface area contributed by atoms with Crippen LogP contribution in [0.4, 0.5) is 0 Å². The quantitative estimate of drug-likeness (QED) is 0.764. The van der Waals surface area contributed by atoms with Gasteiger partial charge in [0.1, 0.15) is 0 Å². The molecule has 3 nitrogen and oxygen atoms in total. The lowest BCUT2D eigenvalue weighted by atomic mass is 10.0. The van der Waals surface area contributed by atoms with E-state index in [1.165, 1.54) is 12.8 Å². The molecule has 0 heterocycles. The summed E-state index contributed by atoms with van der Waals surface area (Å²) in [6.07, 6.45) is 4.43. The van der Waals surface area contributed by atoms with Crippen LogP contribution in [0.1, 0.15) is 44.2 Å². The molecule has 0 aliphatic carbocycles. The van der Waals surface area contributed by atoms with Gasteiger partial charge in [-0.2, -0.15) is 0 Å². The molecule has 102 valence electrons. The summed E-state index contributed by atoms with van der Waals surface area (Å²) in [5, 5.41) is 0.556. The fourth-order valence-electron chi connectivity index (χ4n) is 1.96. The van der Waals surface area contributed by atoms with E-state index >= 15 is 0 Å². The number of unbranched alkanes of at least 4 members (excludes halogenated alkanes) is 2. The van der Waals surface area contributed by atoms with E-state index in [9.17, 15) is 0 Å². The Kier molecular flexibility index (Phi) is 6.30. The van der Waals surface area contributed by atoms with Gasteiger partial charge in [-0.1, -0.05) is 43.9 Å². The second-order valence-electron chi connectivity index (χ2n) is 4.31. The van der Waals surface area contributed by atoms with Crippen molar-refractivity contribution in [2.45, 2.75) is 38.6 Å². The first kappa shape index (κ1) is 15.1. The molecule has 0 unspecified atom stereocenters. The van der Waals surface area contributed by atoms with Crippen molar-refractivity contribution in [1.82, 2.24) is 0 Å². The Bertz CT molecular complexity index is 382. The average Bonchev–Trinajstić information content (AvgIpc) is 2.38. The van der Waals surface area contributed by atoms with Gasteiger partial charge in [0.2, 0.25) is 0 Å². The van der Waals surface area contributed by atoms with Crippen molar-refractivity contribution in [1.29, 1.82) is 0 Å². The molecule has 1 rings (SSSR count). The third-order valence-corrected chi connectivity index (χ3v) is 3.42. The van der Waals surface area contributed by atoms with Gasteiger partial charge >= 0.3 is 0 Å². The molecule has 0 saturated carbocycles. The van der Waals surface area contributed by atoms with Crippen molar-refractivity contribution in [3.63, 3.8) is 0 Å². The van der Waals surface area contributed by atoms with Gasteiger partial charge in [-0.25, -0.2) is 0 Å². The molecule has 1 aromatic rings. The SMILES string of the molecule is CCCCC[C@@H](N)c1ccc(OC)c(OC)c1Cl. The lowest BCUT2D eigenvalue weighted by Crippen LogP contribution is -2.11. The van der Waals surface area contributed by atoms with Crippen LogP contribution in [0.5, 0.6) is 11.5 Å². The van der Waals surface area contributed by atoms with Gasteiger partial charge in [0, 0.05) is 6.04 Å². The Balaban J connectivity index is 2.89. The molecule has 4 heteroatoms. The molecule has 0 amide bonds. The monoisotopic (exact) mass is 271 g/mol. The summed E-state index contributed by atoms with van der Waals surface area (Å²) in [6.45, 7) is 2.18. The topological polar surface area (TPSA) is 44.5 Å². The molecule has 0 radical (unpaired) electrons. The number of benzene rings is 1. The van der Waals surface area contributed by atoms with Crippen LogP contribution in [-0.4, -0.2) is 14.2 Å². The molecule has 1 atom stereocenters. The molecule has 0 aliphatic heterocycles. The summed E-state index contributed by atoms with van der Waals surface area (Å²) in [6, 6.07) is 3.71. The van der Waals surface area contributed by atoms with Gasteiger partial charge in [0.05, 0.1) is 19.2 Å². The third kappa shape index (κ3) is 3.53. The van der Waals surface area contributed by atoms with Crippen molar-refractivity contribution >= 4 is 11.6 Å². The minimum atomic E-state index is -0.0520. The molecule has 0 saturated heterocycles. The smallest absolute Gasteiger partial charge is 0.179 e. The predicted octanol–water partition coefficient (Wildman–Crippen LogP) is 3.94. The van der Waals surface area contributed by atoms with E-state index < -0.39 is 0 Å². The molecular formula is C14H22ClNO2. The third-order valence-electron chi connectivity index (χ3n) is 3.03. The maximum Gasteiger partial charge on any atom is 0.179 e. The van der Waals surface area contributed by atoms with Crippen LogP contribution in [0.2, 0.25) is 5.02 Å². The molecule has 1 aromatic carbocycles. The Hall–Kier alpha value is -0.930. The van der Waals surface area contributed by atoms with E-state index in [0.717, 1.165) is 18.4 Å². The number of hydrogen-bond donors (Lipinski definition) is 1. The first-order valence-electron chi connectivity index (χ1n) is 6.31. The summed E-state index contributed by atoms with van der Waals surface area (Å²) in [4.78, 5) is 0. The van der Waals surface area contributed by atoms with Gasteiger partial charge in [-0.15, -0.1) is 0 Å². The first-order valence-corrected chi connectivity index (χ1v) is 6.69. The number of ether oxygens (including phenoxy) is 2. The van der Waals surface area contributed by atoms with Crippen LogP contribution in [0.25, 0.3) is 0 Å². The fourth-order valence-corrected chi connectivity index (χ4v) is 2.33. The Morgan fingerprint density at radius 1 is 1.22 bits per heavy atom. The zero-order chi connectivity index (χ0) is 13.5. The zero-order valence-corrected chi connectivity index (χ0v) is 12.1. The highest BCUT2D eigenvalue weighted by molar-refractivity contribution is 6.33. The van der Waals surface area contributed by atoms with E-state index in [0.29, 0.717) is 16.5 Å². The van der Waals surface area contributed by atoms with Crippen LogP contribution >= 0.6 is 11.6 Å². The van der Waals surface area contributed by atoms with Crippen LogP contribution < -0.4 is 15.2 Å². The lowest BCUT2D eigenvalue weighted by molar-refractivity contribution is 0.354. The highest BCUT2D eigenvalue weighted by Crippen LogP contribution is 2.39. The largest absolute Gasteiger partial charge is 0.493 e. The van der Waals surface area contributed by atoms with Gasteiger partial charge in [0.25, 0.3) is 0 Å². The van der Waals surface area contributed by atoms with Crippen LogP contribution in [0.15, 0.2) is 12.1 Å². The zero-order valence-electron chi connectivity index (χ0n) is 11.3. The molecule has 0 aliphatic rings. The van der Waals surface area contributed by atoms with Crippen molar-refractivity contribution in [3.8, 4) is 11.5 Å². The maximum atomic E-state index is 6.32. The van der Waals surface area contributed by atoms with Crippen molar-refractivity contribution < 1.29 is 9.47 Å². The fraction of sp³-hybridized carbons (Fsp3) is 0.571. The maximum absolute atomic E-state index is 6.32. The summed E-state index contributed by atoms with van der Waals surface area (Å²) in [5.74, 6) is 1.19. The number of nitrogens with two attached hydrogens (primary N) is 1. The molecule has 0 aromatic heterocycles. The standard InChI is InChI=1S/C14H22ClNO2/c1-4-5-6-7-11(16)10-8-9-12(17-2)14(18-3)13(10)15/h8-9,11H,4-7,16H2,1-3H3/t11-/m1/s1. The number of hydrogen-bond acceptors (Lipinski definition) is 3. The highest BCUT2D eigenvalue weighted by Gasteiger charge is 2.17. The second kappa shape index (κ2) is 7.49. The molecule has 0 bridgehead atoms. The summed E-state index contributed by atoms with van der Waals surface area (Å²) in [7, 11) is 3.17. The van der Waals surface area contributed by atoms with E-state index in [1.54, 1.807) is 14.2 Å². The lowest BCUT2D eigenvalue weighted by Gasteiger charge is -2.17. The van der Waals surface area contributed by atoms with Crippen molar-refractivity contribution in [3.05, 3.63) is 22.7 Å². The summed E-state index contributed by atoms with van der Waals surface area (Å²) >= 11 is 6.32. The van der Waals surface area contributed by atoms with Crippen LogP contribution in [0, 0.1) is 0 Å².